The largest absolute Gasteiger partial charge is 0.489 e. The Labute approximate surface area is 92.9 Å². The first kappa shape index (κ1) is 11.6. The molecule has 15 heavy (non-hydrogen) atoms. The maximum absolute atomic E-state index is 10.7. The van der Waals surface area contributed by atoms with Gasteiger partial charge in [0.25, 0.3) is 0 Å². The molecule has 0 atom stereocenters. The molecule has 0 heterocycles. The molecule has 0 saturated heterocycles. The quantitative estimate of drug-likeness (QED) is 0.859. The fourth-order valence-electron chi connectivity index (χ4n) is 1.15. The topological polar surface area (TPSA) is 46.5 Å². The minimum atomic E-state index is -0.931. The molecular formula is C11H11ClO3. The van der Waals surface area contributed by atoms with Crippen LogP contribution in [0, 0.1) is 6.92 Å². The molecule has 0 aliphatic heterocycles. The standard InChI is InChI=1S/C11H11ClO3/c1-8-7-9(15-6-2-5-12)3-4-10(8)11(13)14/h2-5,7H,6H2,1H3,(H,13,14)/b5-2+. The van der Waals surface area contributed by atoms with Gasteiger partial charge in [-0.05, 0) is 36.8 Å². The highest BCUT2D eigenvalue weighted by atomic mass is 35.5. The van der Waals surface area contributed by atoms with E-state index >= 15 is 0 Å². The minimum Gasteiger partial charge on any atom is -0.489 e. The Morgan fingerprint density at radius 3 is 2.87 bits per heavy atom. The Hall–Kier alpha value is -1.48. The van der Waals surface area contributed by atoms with E-state index in [1.807, 2.05) is 0 Å². The predicted octanol–water partition coefficient (Wildman–Crippen LogP) is 2.82. The van der Waals surface area contributed by atoms with E-state index in [1.54, 1.807) is 25.1 Å². The van der Waals surface area contributed by atoms with Gasteiger partial charge in [-0.3, -0.25) is 0 Å². The number of carbonyl (C=O) groups is 1. The second-order valence-corrected chi connectivity index (χ2v) is 3.21. The van der Waals surface area contributed by atoms with Crippen LogP contribution in [-0.2, 0) is 0 Å². The van der Waals surface area contributed by atoms with E-state index < -0.39 is 5.97 Å². The van der Waals surface area contributed by atoms with Crippen molar-refractivity contribution >= 4 is 17.6 Å². The molecular weight excluding hydrogens is 216 g/mol. The van der Waals surface area contributed by atoms with E-state index in [-0.39, 0.29) is 5.56 Å². The lowest BCUT2D eigenvalue weighted by molar-refractivity contribution is 0.0696. The van der Waals surface area contributed by atoms with Crippen LogP contribution in [0.3, 0.4) is 0 Å². The summed E-state index contributed by atoms with van der Waals surface area (Å²) in [4.78, 5) is 10.7. The summed E-state index contributed by atoms with van der Waals surface area (Å²) in [5.74, 6) is -0.299. The first-order valence-electron chi connectivity index (χ1n) is 4.37. The number of aromatic carboxylic acids is 1. The average Bonchev–Trinajstić information content (AvgIpc) is 2.17. The highest BCUT2D eigenvalue weighted by Crippen LogP contribution is 2.17. The number of hydrogen-bond acceptors (Lipinski definition) is 2. The van der Waals surface area contributed by atoms with Gasteiger partial charge in [0, 0.05) is 5.54 Å². The molecule has 0 bridgehead atoms. The molecule has 0 radical (unpaired) electrons. The zero-order valence-corrected chi connectivity index (χ0v) is 8.99. The van der Waals surface area contributed by atoms with Crippen molar-refractivity contribution in [3.05, 3.63) is 40.9 Å². The molecule has 1 rings (SSSR count). The molecule has 3 nitrogen and oxygen atoms in total. The van der Waals surface area contributed by atoms with Gasteiger partial charge in [0.1, 0.15) is 12.4 Å². The monoisotopic (exact) mass is 226 g/mol. The summed E-state index contributed by atoms with van der Waals surface area (Å²) >= 11 is 5.33. The Balaban J connectivity index is 2.77. The second kappa shape index (κ2) is 5.41. The molecule has 0 spiro atoms. The smallest absolute Gasteiger partial charge is 0.335 e. The molecule has 0 aromatic heterocycles. The number of halogens is 1. The van der Waals surface area contributed by atoms with Gasteiger partial charge < -0.3 is 9.84 Å². The summed E-state index contributed by atoms with van der Waals surface area (Å²) in [6.07, 6.45) is 1.65. The molecule has 80 valence electrons. The summed E-state index contributed by atoms with van der Waals surface area (Å²) < 4.78 is 5.30. The van der Waals surface area contributed by atoms with Gasteiger partial charge in [-0.15, -0.1) is 0 Å². The summed E-state index contributed by atoms with van der Waals surface area (Å²) in [6.45, 7) is 2.10. The number of rotatable bonds is 4. The van der Waals surface area contributed by atoms with E-state index in [2.05, 4.69) is 0 Å². The Bertz CT molecular complexity index is 385. The Morgan fingerprint density at radius 2 is 2.33 bits per heavy atom. The molecule has 0 unspecified atom stereocenters. The van der Waals surface area contributed by atoms with Gasteiger partial charge in [-0.25, -0.2) is 4.79 Å². The second-order valence-electron chi connectivity index (χ2n) is 2.95. The van der Waals surface area contributed by atoms with Gasteiger partial charge in [0.05, 0.1) is 5.56 Å². The van der Waals surface area contributed by atoms with E-state index in [0.717, 1.165) is 0 Å². The van der Waals surface area contributed by atoms with Crippen LogP contribution in [0.5, 0.6) is 5.75 Å². The van der Waals surface area contributed by atoms with E-state index in [0.29, 0.717) is 17.9 Å². The third-order valence-corrected chi connectivity index (χ3v) is 2.04. The average molecular weight is 227 g/mol. The Kier molecular flexibility index (Phi) is 4.18. The molecule has 4 heteroatoms. The van der Waals surface area contributed by atoms with Crippen LogP contribution in [0.2, 0.25) is 0 Å². The van der Waals surface area contributed by atoms with Gasteiger partial charge in [-0.2, -0.15) is 0 Å². The van der Waals surface area contributed by atoms with Crippen LogP contribution in [0.15, 0.2) is 29.8 Å². The van der Waals surface area contributed by atoms with Crippen molar-refractivity contribution in [3.8, 4) is 5.75 Å². The number of ether oxygens (including phenoxy) is 1. The van der Waals surface area contributed by atoms with Crippen molar-refractivity contribution in [2.75, 3.05) is 6.61 Å². The van der Waals surface area contributed by atoms with Crippen molar-refractivity contribution in [2.24, 2.45) is 0 Å². The van der Waals surface area contributed by atoms with E-state index in [4.69, 9.17) is 21.4 Å². The van der Waals surface area contributed by atoms with E-state index in [9.17, 15) is 4.79 Å². The van der Waals surface area contributed by atoms with Gasteiger partial charge in [0.2, 0.25) is 0 Å². The van der Waals surface area contributed by atoms with Crippen molar-refractivity contribution in [1.82, 2.24) is 0 Å². The number of carboxylic acids is 1. The normalized spacial score (nSPS) is 10.5. The Morgan fingerprint density at radius 1 is 1.60 bits per heavy atom. The van der Waals surface area contributed by atoms with Gasteiger partial charge >= 0.3 is 5.97 Å². The predicted molar refractivity (Wildman–Crippen MR) is 58.6 cm³/mol. The third kappa shape index (κ3) is 3.29. The molecule has 0 aliphatic rings. The number of aryl methyl sites for hydroxylation is 1. The number of carboxylic acid groups (broad SMARTS) is 1. The third-order valence-electron chi connectivity index (χ3n) is 1.86. The first-order valence-corrected chi connectivity index (χ1v) is 4.80. The van der Waals surface area contributed by atoms with E-state index in [1.165, 1.54) is 11.6 Å². The summed E-state index contributed by atoms with van der Waals surface area (Å²) in [5, 5.41) is 8.80. The maximum Gasteiger partial charge on any atom is 0.335 e. The molecule has 0 saturated carbocycles. The van der Waals surface area contributed by atoms with Crippen molar-refractivity contribution in [2.45, 2.75) is 6.92 Å². The van der Waals surface area contributed by atoms with Crippen LogP contribution < -0.4 is 4.74 Å². The van der Waals surface area contributed by atoms with Crippen molar-refractivity contribution < 1.29 is 14.6 Å². The fourth-order valence-corrected chi connectivity index (χ4v) is 1.22. The van der Waals surface area contributed by atoms with Crippen LogP contribution in [0.25, 0.3) is 0 Å². The summed E-state index contributed by atoms with van der Waals surface area (Å²) in [7, 11) is 0. The molecule has 1 N–H and O–H groups in total. The summed E-state index contributed by atoms with van der Waals surface area (Å²) in [6, 6.07) is 4.83. The molecule has 1 aromatic carbocycles. The van der Waals surface area contributed by atoms with Gasteiger partial charge in [-0.1, -0.05) is 11.6 Å². The number of benzene rings is 1. The SMILES string of the molecule is Cc1cc(OC/C=C/Cl)ccc1C(=O)O. The fraction of sp³-hybridized carbons (Fsp3) is 0.182. The van der Waals surface area contributed by atoms with Crippen LogP contribution in [0.4, 0.5) is 0 Å². The molecule has 1 aromatic rings. The van der Waals surface area contributed by atoms with Crippen LogP contribution >= 0.6 is 11.6 Å². The highest BCUT2D eigenvalue weighted by Gasteiger charge is 2.06. The highest BCUT2D eigenvalue weighted by molar-refractivity contribution is 6.25. The minimum absolute atomic E-state index is 0.287. The lowest BCUT2D eigenvalue weighted by atomic mass is 10.1. The molecule has 0 amide bonds. The van der Waals surface area contributed by atoms with Gasteiger partial charge in [0.15, 0.2) is 0 Å². The van der Waals surface area contributed by atoms with Crippen molar-refractivity contribution in [3.63, 3.8) is 0 Å². The first-order chi connectivity index (χ1) is 7.15. The van der Waals surface area contributed by atoms with Crippen LogP contribution in [-0.4, -0.2) is 17.7 Å². The maximum atomic E-state index is 10.7. The van der Waals surface area contributed by atoms with Crippen molar-refractivity contribution in [1.29, 1.82) is 0 Å². The number of hydrogen-bond donors (Lipinski definition) is 1. The van der Waals surface area contributed by atoms with Crippen LogP contribution in [0.1, 0.15) is 15.9 Å². The summed E-state index contributed by atoms with van der Waals surface area (Å²) in [5.41, 5.74) is 2.34. The zero-order chi connectivity index (χ0) is 11.3. The lowest BCUT2D eigenvalue weighted by Gasteiger charge is -2.05. The molecule has 0 fully saturated rings. The molecule has 0 aliphatic carbocycles. The lowest BCUT2D eigenvalue weighted by Crippen LogP contribution is -2.00. The zero-order valence-electron chi connectivity index (χ0n) is 8.24.